The molecule has 1 aromatic rings. The Labute approximate surface area is 65.0 Å². The van der Waals surface area contributed by atoms with E-state index in [0.717, 1.165) is 0 Å². The SMILES string of the molecule is CCn1nc(C(F)(F)F)[nH]c1=O. The highest BCUT2D eigenvalue weighted by molar-refractivity contribution is 4.87. The van der Waals surface area contributed by atoms with Gasteiger partial charge in [0.25, 0.3) is 0 Å². The molecular weight excluding hydrogens is 175 g/mol. The van der Waals surface area contributed by atoms with Gasteiger partial charge in [-0.1, -0.05) is 0 Å². The van der Waals surface area contributed by atoms with Crippen LogP contribution in [0.1, 0.15) is 12.7 Å². The van der Waals surface area contributed by atoms with Crippen molar-refractivity contribution in [3.8, 4) is 0 Å². The van der Waals surface area contributed by atoms with Crippen molar-refractivity contribution in [2.24, 2.45) is 0 Å². The summed E-state index contributed by atoms with van der Waals surface area (Å²) in [5, 5.41) is 3.02. The number of aryl methyl sites for hydroxylation is 1. The second kappa shape index (κ2) is 2.65. The Bertz CT molecular complexity index is 323. The van der Waals surface area contributed by atoms with E-state index < -0.39 is 17.7 Å². The van der Waals surface area contributed by atoms with E-state index in [0.29, 0.717) is 4.68 Å². The van der Waals surface area contributed by atoms with Crippen molar-refractivity contribution >= 4 is 0 Å². The van der Waals surface area contributed by atoms with Crippen LogP contribution in [0, 0.1) is 0 Å². The number of hydrogen-bond acceptors (Lipinski definition) is 2. The first-order chi connectivity index (χ1) is 5.45. The number of nitrogens with zero attached hydrogens (tertiary/aromatic N) is 2. The predicted octanol–water partition coefficient (Wildman–Crippen LogP) is 0.610. The molecule has 4 nitrogen and oxygen atoms in total. The van der Waals surface area contributed by atoms with Gasteiger partial charge < -0.3 is 0 Å². The first kappa shape index (κ1) is 8.82. The van der Waals surface area contributed by atoms with Crippen LogP contribution >= 0.6 is 0 Å². The summed E-state index contributed by atoms with van der Waals surface area (Å²) in [5.74, 6) is -1.26. The number of rotatable bonds is 1. The van der Waals surface area contributed by atoms with Crippen molar-refractivity contribution in [1.29, 1.82) is 0 Å². The van der Waals surface area contributed by atoms with Crippen molar-refractivity contribution in [3.05, 3.63) is 16.3 Å². The maximum absolute atomic E-state index is 11.9. The zero-order chi connectivity index (χ0) is 9.35. The smallest absolute Gasteiger partial charge is 0.285 e. The van der Waals surface area contributed by atoms with Crippen LogP contribution in [-0.2, 0) is 12.7 Å². The quantitative estimate of drug-likeness (QED) is 0.690. The average molecular weight is 181 g/mol. The molecule has 0 aliphatic heterocycles. The molecule has 1 heterocycles. The number of hydrogen-bond donors (Lipinski definition) is 1. The van der Waals surface area contributed by atoms with Crippen LogP contribution in [0.5, 0.6) is 0 Å². The number of aromatic amines is 1. The average Bonchev–Trinajstić information content (AvgIpc) is 2.29. The molecular formula is C5H6F3N3O. The van der Waals surface area contributed by atoms with Gasteiger partial charge in [0.2, 0.25) is 5.82 Å². The summed E-state index contributed by atoms with van der Waals surface area (Å²) in [6.45, 7) is 1.65. The monoisotopic (exact) mass is 181 g/mol. The molecule has 68 valence electrons. The van der Waals surface area contributed by atoms with Crippen LogP contribution in [0.25, 0.3) is 0 Å². The lowest BCUT2D eigenvalue weighted by Gasteiger charge is -1.98. The normalized spacial score (nSPS) is 12.0. The molecule has 1 aromatic heterocycles. The second-order valence-corrected chi connectivity index (χ2v) is 2.09. The molecule has 0 bridgehead atoms. The van der Waals surface area contributed by atoms with Gasteiger partial charge in [0.05, 0.1) is 0 Å². The lowest BCUT2D eigenvalue weighted by atomic mass is 10.6. The molecule has 12 heavy (non-hydrogen) atoms. The molecule has 0 atom stereocenters. The van der Waals surface area contributed by atoms with Crippen molar-refractivity contribution in [1.82, 2.24) is 14.8 Å². The number of aromatic nitrogens is 3. The van der Waals surface area contributed by atoms with Crippen molar-refractivity contribution in [2.45, 2.75) is 19.6 Å². The molecule has 0 fully saturated rings. The summed E-state index contributed by atoms with van der Waals surface area (Å²) in [5.41, 5.74) is -0.843. The fourth-order valence-corrected chi connectivity index (χ4v) is 0.699. The van der Waals surface area contributed by atoms with Crippen molar-refractivity contribution < 1.29 is 13.2 Å². The molecule has 0 aliphatic carbocycles. The van der Waals surface area contributed by atoms with E-state index in [9.17, 15) is 18.0 Å². The van der Waals surface area contributed by atoms with Gasteiger partial charge in [-0.25, -0.2) is 9.48 Å². The molecule has 0 aromatic carbocycles. The molecule has 0 amide bonds. The predicted molar refractivity (Wildman–Crippen MR) is 33.5 cm³/mol. The van der Waals surface area contributed by atoms with Crippen LogP contribution in [-0.4, -0.2) is 14.8 Å². The number of H-pyrrole nitrogens is 1. The Morgan fingerprint density at radius 1 is 1.58 bits per heavy atom. The first-order valence-corrected chi connectivity index (χ1v) is 3.19. The minimum absolute atomic E-state index is 0.116. The van der Waals surface area contributed by atoms with Gasteiger partial charge >= 0.3 is 11.9 Å². The summed E-state index contributed by atoms with van der Waals surface area (Å²) in [6, 6.07) is 0. The third kappa shape index (κ3) is 1.49. The minimum atomic E-state index is -4.58. The summed E-state index contributed by atoms with van der Waals surface area (Å²) < 4.78 is 36.3. The van der Waals surface area contributed by atoms with Crippen LogP contribution in [0.3, 0.4) is 0 Å². The van der Waals surface area contributed by atoms with E-state index in [4.69, 9.17) is 0 Å². The first-order valence-electron chi connectivity index (χ1n) is 3.19. The van der Waals surface area contributed by atoms with Crippen LogP contribution in [0.2, 0.25) is 0 Å². The van der Waals surface area contributed by atoms with Crippen molar-refractivity contribution in [2.75, 3.05) is 0 Å². The fraction of sp³-hybridized carbons (Fsp3) is 0.600. The summed E-state index contributed by atoms with van der Waals surface area (Å²) in [7, 11) is 0. The third-order valence-electron chi connectivity index (χ3n) is 1.25. The lowest BCUT2D eigenvalue weighted by Crippen LogP contribution is -2.16. The fourth-order valence-electron chi connectivity index (χ4n) is 0.699. The van der Waals surface area contributed by atoms with Gasteiger partial charge in [-0.3, -0.25) is 4.98 Å². The van der Waals surface area contributed by atoms with Crippen LogP contribution < -0.4 is 5.69 Å². The highest BCUT2D eigenvalue weighted by Gasteiger charge is 2.35. The Morgan fingerprint density at radius 2 is 2.17 bits per heavy atom. The Morgan fingerprint density at radius 3 is 2.42 bits per heavy atom. The molecule has 1 N–H and O–H groups in total. The van der Waals surface area contributed by atoms with Crippen molar-refractivity contribution in [3.63, 3.8) is 0 Å². The van der Waals surface area contributed by atoms with Gasteiger partial charge in [-0.2, -0.15) is 13.2 Å². The molecule has 0 radical (unpaired) electrons. The highest BCUT2D eigenvalue weighted by atomic mass is 19.4. The van der Waals surface area contributed by atoms with E-state index in [1.807, 2.05) is 0 Å². The van der Waals surface area contributed by atoms with Crippen LogP contribution in [0.4, 0.5) is 13.2 Å². The maximum atomic E-state index is 11.9. The maximum Gasteiger partial charge on any atom is 0.451 e. The van der Waals surface area contributed by atoms with Gasteiger partial charge in [-0.05, 0) is 6.92 Å². The Balaban J connectivity index is 3.14. The van der Waals surface area contributed by atoms with Gasteiger partial charge in [0.15, 0.2) is 0 Å². The van der Waals surface area contributed by atoms with Gasteiger partial charge in [0, 0.05) is 6.54 Å². The van der Waals surface area contributed by atoms with E-state index in [1.165, 1.54) is 6.92 Å². The largest absolute Gasteiger partial charge is 0.451 e. The molecule has 0 spiro atoms. The molecule has 0 saturated carbocycles. The zero-order valence-electron chi connectivity index (χ0n) is 6.14. The summed E-state index contributed by atoms with van der Waals surface area (Å²) in [6.07, 6.45) is -4.58. The lowest BCUT2D eigenvalue weighted by molar-refractivity contribution is -0.145. The zero-order valence-corrected chi connectivity index (χ0v) is 6.14. The Hall–Kier alpha value is -1.27. The second-order valence-electron chi connectivity index (χ2n) is 2.09. The van der Waals surface area contributed by atoms with E-state index in [1.54, 1.807) is 4.98 Å². The van der Waals surface area contributed by atoms with E-state index in [-0.39, 0.29) is 6.54 Å². The minimum Gasteiger partial charge on any atom is -0.285 e. The summed E-state index contributed by atoms with van der Waals surface area (Å²) >= 11 is 0. The standard InChI is InChI=1S/C5H6F3N3O/c1-2-11-4(12)9-3(10-11)5(6,7)8/h2H2,1H3,(H,9,10,12). The molecule has 0 saturated heterocycles. The molecule has 0 aliphatic rings. The Kier molecular flexibility index (Phi) is 1.95. The van der Waals surface area contributed by atoms with Gasteiger partial charge in [-0.15, -0.1) is 5.10 Å². The molecule has 0 unspecified atom stereocenters. The number of nitrogens with one attached hydrogen (secondary N) is 1. The topological polar surface area (TPSA) is 50.7 Å². The van der Waals surface area contributed by atoms with E-state index >= 15 is 0 Å². The molecule has 1 rings (SSSR count). The van der Waals surface area contributed by atoms with E-state index in [2.05, 4.69) is 5.10 Å². The third-order valence-corrected chi connectivity index (χ3v) is 1.25. The van der Waals surface area contributed by atoms with Crippen LogP contribution in [0.15, 0.2) is 4.79 Å². The number of alkyl halides is 3. The molecule has 7 heteroatoms. The summed E-state index contributed by atoms with van der Waals surface area (Å²) in [4.78, 5) is 12.3. The highest BCUT2D eigenvalue weighted by Crippen LogP contribution is 2.24. The number of halogens is 3. The van der Waals surface area contributed by atoms with Gasteiger partial charge in [0.1, 0.15) is 0 Å².